The van der Waals surface area contributed by atoms with Gasteiger partial charge in [0.1, 0.15) is 0 Å². The molecule has 1 aromatic carbocycles. The third-order valence-electron chi connectivity index (χ3n) is 2.72. The van der Waals surface area contributed by atoms with Gasteiger partial charge in [0.05, 0.1) is 11.6 Å². The normalized spacial score (nSPS) is 9.65. The monoisotopic (exact) mass is 273 g/mol. The molecule has 0 spiro atoms. The molecule has 0 heterocycles. The lowest BCUT2D eigenvalue weighted by Gasteiger charge is -2.20. The van der Waals surface area contributed by atoms with E-state index in [9.17, 15) is 9.59 Å². The van der Waals surface area contributed by atoms with Crippen molar-refractivity contribution in [2.24, 2.45) is 0 Å². The topological polar surface area (TPSA) is 73.2 Å². The molecule has 0 fully saturated rings. The molecule has 0 aliphatic carbocycles. The summed E-state index contributed by atoms with van der Waals surface area (Å²) >= 11 is 0. The molecule has 0 unspecified atom stereocenters. The van der Waals surface area contributed by atoms with E-state index in [-0.39, 0.29) is 0 Å². The number of carbonyl (C=O) groups is 2. The highest BCUT2D eigenvalue weighted by Crippen LogP contribution is 2.10. The second kappa shape index (κ2) is 7.95. The first-order valence-electron chi connectivity index (χ1n) is 6.72. The molecule has 0 saturated carbocycles. The van der Waals surface area contributed by atoms with Gasteiger partial charge in [-0.05, 0) is 31.0 Å². The van der Waals surface area contributed by atoms with E-state index in [0.717, 1.165) is 12.8 Å². The van der Waals surface area contributed by atoms with Crippen molar-refractivity contribution >= 4 is 17.5 Å². The van der Waals surface area contributed by atoms with E-state index >= 15 is 0 Å². The highest BCUT2D eigenvalue weighted by molar-refractivity contribution is 6.39. The first kappa shape index (κ1) is 15.7. The van der Waals surface area contributed by atoms with Crippen LogP contribution in [-0.2, 0) is 9.59 Å². The predicted octanol–water partition coefficient (Wildman–Crippen LogP) is 2.15. The predicted molar refractivity (Wildman–Crippen MR) is 76.9 cm³/mol. The molecule has 0 bridgehead atoms. The molecule has 106 valence electrons. The molecule has 0 aromatic heterocycles. The van der Waals surface area contributed by atoms with E-state index < -0.39 is 11.8 Å². The molecule has 0 atom stereocenters. The SMILES string of the molecule is CCCN(CCC)C(=O)C(=O)Nc1cccc(C#N)c1. The van der Waals surface area contributed by atoms with Crippen LogP contribution in [0.3, 0.4) is 0 Å². The van der Waals surface area contributed by atoms with Crippen molar-refractivity contribution in [3.63, 3.8) is 0 Å². The lowest BCUT2D eigenvalue weighted by Crippen LogP contribution is -2.40. The zero-order valence-electron chi connectivity index (χ0n) is 11.8. The summed E-state index contributed by atoms with van der Waals surface area (Å²) in [6, 6.07) is 8.47. The highest BCUT2D eigenvalue weighted by atomic mass is 16.2. The summed E-state index contributed by atoms with van der Waals surface area (Å²) in [5, 5.41) is 11.3. The van der Waals surface area contributed by atoms with Gasteiger partial charge in [-0.25, -0.2) is 0 Å². The third-order valence-corrected chi connectivity index (χ3v) is 2.72. The van der Waals surface area contributed by atoms with E-state index in [1.165, 1.54) is 6.07 Å². The molecule has 5 heteroatoms. The van der Waals surface area contributed by atoms with Crippen molar-refractivity contribution in [3.05, 3.63) is 29.8 Å². The van der Waals surface area contributed by atoms with Crippen LogP contribution in [0.2, 0.25) is 0 Å². The summed E-state index contributed by atoms with van der Waals surface area (Å²) in [7, 11) is 0. The Labute approximate surface area is 119 Å². The van der Waals surface area contributed by atoms with Crippen molar-refractivity contribution in [1.29, 1.82) is 5.26 Å². The highest BCUT2D eigenvalue weighted by Gasteiger charge is 2.20. The summed E-state index contributed by atoms with van der Waals surface area (Å²) in [5.74, 6) is -1.20. The quantitative estimate of drug-likeness (QED) is 0.835. The lowest BCUT2D eigenvalue weighted by molar-refractivity contribution is -0.143. The summed E-state index contributed by atoms with van der Waals surface area (Å²) < 4.78 is 0. The molecule has 0 radical (unpaired) electrons. The maximum atomic E-state index is 12.0. The molecule has 1 rings (SSSR count). The largest absolute Gasteiger partial charge is 0.334 e. The fraction of sp³-hybridized carbons (Fsp3) is 0.400. The smallest absolute Gasteiger partial charge is 0.313 e. The van der Waals surface area contributed by atoms with E-state index in [4.69, 9.17) is 5.26 Å². The van der Waals surface area contributed by atoms with Crippen LogP contribution in [0.5, 0.6) is 0 Å². The number of rotatable bonds is 5. The van der Waals surface area contributed by atoms with Gasteiger partial charge < -0.3 is 10.2 Å². The van der Waals surface area contributed by atoms with Crippen LogP contribution >= 0.6 is 0 Å². The third kappa shape index (κ3) is 4.39. The minimum atomic E-state index is -0.665. The van der Waals surface area contributed by atoms with Crippen molar-refractivity contribution in [2.45, 2.75) is 26.7 Å². The summed E-state index contributed by atoms with van der Waals surface area (Å²) in [6.07, 6.45) is 1.62. The Balaban J connectivity index is 2.73. The van der Waals surface area contributed by atoms with Crippen LogP contribution in [0, 0.1) is 11.3 Å². The molecule has 2 amide bonds. The van der Waals surface area contributed by atoms with Crippen molar-refractivity contribution in [2.75, 3.05) is 18.4 Å². The number of benzene rings is 1. The number of carbonyl (C=O) groups excluding carboxylic acids is 2. The van der Waals surface area contributed by atoms with Crippen LogP contribution in [0.25, 0.3) is 0 Å². The molecule has 1 N–H and O–H groups in total. The van der Waals surface area contributed by atoms with Gasteiger partial charge in [0, 0.05) is 18.8 Å². The van der Waals surface area contributed by atoms with Gasteiger partial charge in [-0.15, -0.1) is 0 Å². The van der Waals surface area contributed by atoms with Crippen molar-refractivity contribution in [3.8, 4) is 6.07 Å². The second-order valence-electron chi connectivity index (χ2n) is 4.44. The van der Waals surface area contributed by atoms with E-state index in [1.54, 1.807) is 23.1 Å². The van der Waals surface area contributed by atoms with Gasteiger partial charge in [-0.3, -0.25) is 9.59 Å². The summed E-state index contributed by atoms with van der Waals surface area (Å²) in [5.41, 5.74) is 0.893. The van der Waals surface area contributed by atoms with E-state index in [0.29, 0.717) is 24.3 Å². The average molecular weight is 273 g/mol. The zero-order chi connectivity index (χ0) is 15.0. The fourth-order valence-corrected chi connectivity index (χ4v) is 1.85. The molecule has 0 aliphatic heterocycles. The Morgan fingerprint density at radius 1 is 1.25 bits per heavy atom. The minimum Gasteiger partial charge on any atom is -0.334 e. The molecule has 0 aliphatic rings. The number of amides is 2. The summed E-state index contributed by atoms with van der Waals surface area (Å²) in [4.78, 5) is 25.5. The van der Waals surface area contributed by atoms with Crippen LogP contribution < -0.4 is 5.32 Å². The Bertz CT molecular complexity index is 514. The Hall–Kier alpha value is -2.35. The van der Waals surface area contributed by atoms with Gasteiger partial charge in [0.15, 0.2) is 0 Å². The van der Waals surface area contributed by atoms with Crippen LogP contribution in [-0.4, -0.2) is 29.8 Å². The first-order valence-corrected chi connectivity index (χ1v) is 6.72. The first-order chi connectivity index (χ1) is 9.62. The number of anilines is 1. The van der Waals surface area contributed by atoms with Crippen LogP contribution in [0.4, 0.5) is 5.69 Å². The Kier molecular flexibility index (Phi) is 6.24. The summed E-state index contributed by atoms with van der Waals surface area (Å²) in [6.45, 7) is 5.06. The van der Waals surface area contributed by atoms with Gasteiger partial charge in [0.25, 0.3) is 0 Å². The molecule has 1 aromatic rings. The van der Waals surface area contributed by atoms with Crippen LogP contribution in [0.15, 0.2) is 24.3 Å². The van der Waals surface area contributed by atoms with Gasteiger partial charge in [-0.2, -0.15) is 5.26 Å². The van der Waals surface area contributed by atoms with Gasteiger partial charge >= 0.3 is 11.8 Å². The van der Waals surface area contributed by atoms with Gasteiger partial charge in [0.2, 0.25) is 0 Å². The van der Waals surface area contributed by atoms with E-state index in [1.807, 2.05) is 19.9 Å². The lowest BCUT2D eigenvalue weighted by atomic mass is 10.2. The Morgan fingerprint density at radius 2 is 1.90 bits per heavy atom. The molecule has 20 heavy (non-hydrogen) atoms. The maximum absolute atomic E-state index is 12.0. The molecular weight excluding hydrogens is 254 g/mol. The zero-order valence-corrected chi connectivity index (χ0v) is 11.8. The number of nitrogens with one attached hydrogen (secondary N) is 1. The molecule has 0 saturated heterocycles. The Morgan fingerprint density at radius 3 is 2.45 bits per heavy atom. The van der Waals surface area contributed by atoms with E-state index in [2.05, 4.69) is 5.32 Å². The standard InChI is InChI=1S/C15H19N3O2/c1-3-8-18(9-4-2)15(20)14(19)17-13-7-5-6-12(10-13)11-16/h5-7,10H,3-4,8-9H2,1-2H3,(H,17,19). The number of nitriles is 1. The molecule has 5 nitrogen and oxygen atoms in total. The average Bonchev–Trinajstić information content (AvgIpc) is 2.46. The van der Waals surface area contributed by atoms with Crippen molar-refractivity contribution in [1.82, 2.24) is 4.90 Å². The van der Waals surface area contributed by atoms with Crippen LogP contribution in [0.1, 0.15) is 32.3 Å². The fourth-order valence-electron chi connectivity index (χ4n) is 1.85. The second-order valence-corrected chi connectivity index (χ2v) is 4.44. The number of nitrogens with zero attached hydrogens (tertiary/aromatic N) is 2. The number of hydrogen-bond acceptors (Lipinski definition) is 3. The minimum absolute atomic E-state index is 0.439. The number of hydrogen-bond donors (Lipinski definition) is 1. The maximum Gasteiger partial charge on any atom is 0.313 e. The van der Waals surface area contributed by atoms with Gasteiger partial charge in [-0.1, -0.05) is 19.9 Å². The van der Waals surface area contributed by atoms with Crippen molar-refractivity contribution < 1.29 is 9.59 Å². The molecular formula is C15H19N3O2.